The fraction of sp³-hybridized carbons (Fsp3) is 0.385. The van der Waals surface area contributed by atoms with Gasteiger partial charge in [0.25, 0.3) is 0 Å². The molecule has 2 rings (SSSR count). The van der Waals surface area contributed by atoms with E-state index in [9.17, 15) is 13.2 Å². The van der Waals surface area contributed by atoms with Crippen LogP contribution in [0.5, 0.6) is 0 Å². The van der Waals surface area contributed by atoms with Gasteiger partial charge in [0.05, 0.1) is 11.3 Å². The van der Waals surface area contributed by atoms with Crippen molar-refractivity contribution in [3.63, 3.8) is 0 Å². The normalized spacial score (nSPS) is 16.6. The molecule has 1 heterocycles. The molecule has 0 aromatic heterocycles. The van der Waals surface area contributed by atoms with Crippen molar-refractivity contribution in [2.24, 2.45) is 21.5 Å². The lowest BCUT2D eigenvalue weighted by molar-refractivity contribution is -0.137. The van der Waals surface area contributed by atoms with Crippen LogP contribution in [0.15, 0.2) is 34.3 Å². The fourth-order valence-corrected chi connectivity index (χ4v) is 2.02. The van der Waals surface area contributed by atoms with Crippen molar-refractivity contribution in [2.75, 3.05) is 13.1 Å². The number of halogens is 4. The number of nitrogens with two attached hydrogens (primary N) is 2. The van der Waals surface area contributed by atoms with Crippen molar-refractivity contribution < 1.29 is 13.2 Å². The van der Waals surface area contributed by atoms with Crippen molar-refractivity contribution in [3.05, 3.63) is 29.8 Å². The Morgan fingerprint density at radius 1 is 1.05 bits per heavy atom. The van der Waals surface area contributed by atoms with E-state index in [-0.39, 0.29) is 24.3 Å². The lowest BCUT2D eigenvalue weighted by Gasteiger charge is -2.15. The molecule has 1 aliphatic heterocycles. The Morgan fingerprint density at radius 3 is 2.09 bits per heavy atom. The summed E-state index contributed by atoms with van der Waals surface area (Å²) >= 11 is 0. The quantitative estimate of drug-likeness (QED) is 0.611. The zero-order chi connectivity index (χ0) is 15.5. The average molecular weight is 336 g/mol. The van der Waals surface area contributed by atoms with Crippen LogP contribution >= 0.6 is 12.4 Å². The van der Waals surface area contributed by atoms with Crippen LogP contribution < -0.4 is 11.5 Å². The van der Waals surface area contributed by atoms with Crippen molar-refractivity contribution >= 4 is 30.0 Å². The molecule has 1 aromatic carbocycles. The summed E-state index contributed by atoms with van der Waals surface area (Å²) in [5, 5.41) is 0. The number of alkyl halides is 3. The molecule has 1 aromatic rings. The van der Waals surface area contributed by atoms with Gasteiger partial charge in [-0.15, -0.1) is 12.4 Å². The highest BCUT2D eigenvalue weighted by Gasteiger charge is 2.29. The van der Waals surface area contributed by atoms with E-state index in [1.165, 1.54) is 12.1 Å². The molecule has 0 amide bonds. The van der Waals surface area contributed by atoms with Gasteiger partial charge in [-0.25, -0.2) is 4.99 Å². The predicted octanol–water partition coefficient (Wildman–Crippen LogP) is 2.48. The third-order valence-electron chi connectivity index (χ3n) is 3.10. The van der Waals surface area contributed by atoms with Crippen molar-refractivity contribution in [3.8, 4) is 0 Å². The summed E-state index contributed by atoms with van der Waals surface area (Å²) in [5.41, 5.74) is 11.0. The number of nitrogens with zero attached hydrogens (tertiary/aromatic N) is 3. The lowest BCUT2D eigenvalue weighted by atomic mass is 10.2. The van der Waals surface area contributed by atoms with Gasteiger partial charge < -0.3 is 16.4 Å². The van der Waals surface area contributed by atoms with Gasteiger partial charge in [0.1, 0.15) is 0 Å². The van der Waals surface area contributed by atoms with Gasteiger partial charge >= 0.3 is 6.18 Å². The Hall–Kier alpha value is -1.96. The van der Waals surface area contributed by atoms with Crippen LogP contribution in [-0.4, -0.2) is 29.9 Å². The molecule has 122 valence electrons. The summed E-state index contributed by atoms with van der Waals surface area (Å²) in [6.45, 7) is 1.64. The van der Waals surface area contributed by atoms with Crippen molar-refractivity contribution in [1.82, 2.24) is 4.90 Å². The summed E-state index contributed by atoms with van der Waals surface area (Å²) in [6, 6.07) is 4.35. The average Bonchev–Trinajstić information content (AvgIpc) is 2.92. The number of aliphatic imine (C=N–C) groups is 2. The zero-order valence-corrected chi connectivity index (χ0v) is 12.5. The first-order chi connectivity index (χ1) is 9.86. The predicted molar refractivity (Wildman–Crippen MR) is 82.4 cm³/mol. The molecular formula is C13H17ClF3N5. The maximum atomic E-state index is 12.4. The molecule has 1 aliphatic rings. The molecule has 1 fully saturated rings. The Kier molecular flexibility index (Phi) is 6.04. The maximum Gasteiger partial charge on any atom is 0.416 e. The van der Waals surface area contributed by atoms with Gasteiger partial charge in [0.15, 0.2) is 5.96 Å². The Morgan fingerprint density at radius 2 is 1.59 bits per heavy atom. The standard InChI is InChI=1S/C13H16F3N5.ClH/c14-13(15,16)9-3-5-10(6-4-9)19-11(17)20-12(18)21-7-1-2-8-21;/h3-6H,1-2,7-8H2,(H4,17,18,19,20);1H. The monoisotopic (exact) mass is 335 g/mol. The van der Waals surface area contributed by atoms with Crippen LogP contribution in [0.25, 0.3) is 0 Å². The lowest BCUT2D eigenvalue weighted by Crippen LogP contribution is -2.36. The van der Waals surface area contributed by atoms with E-state index < -0.39 is 11.7 Å². The maximum absolute atomic E-state index is 12.4. The van der Waals surface area contributed by atoms with Gasteiger partial charge in [0, 0.05) is 13.1 Å². The summed E-state index contributed by atoms with van der Waals surface area (Å²) in [7, 11) is 0. The second kappa shape index (κ2) is 7.35. The number of hydrogen-bond acceptors (Lipinski definition) is 1. The Labute approximate surface area is 132 Å². The van der Waals surface area contributed by atoms with Crippen molar-refractivity contribution in [1.29, 1.82) is 0 Å². The molecule has 0 aliphatic carbocycles. The second-order valence-electron chi connectivity index (χ2n) is 4.68. The van der Waals surface area contributed by atoms with E-state index in [1.807, 2.05) is 4.90 Å². The highest BCUT2D eigenvalue weighted by Crippen LogP contribution is 2.30. The largest absolute Gasteiger partial charge is 0.416 e. The minimum atomic E-state index is -4.37. The second-order valence-corrected chi connectivity index (χ2v) is 4.68. The first-order valence-electron chi connectivity index (χ1n) is 6.47. The van der Waals surface area contributed by atoms with Gasteiger partial charge in [-0.05, 0) is 37.1 Å². The van der Waals surface area contributed by atoms with Crippen molar-refractivity contribution in [2.45, 2.75) is 19.0 Å². The van der Waals surface area contributed by atoms with E-state index in [4.69, 9.17) is 11.5 Å². The summed E-state index contributed by atoms with van der Waals surface area (Å²) in [4.78, 5) is 9.76. The van der Waals surface area contributed by atoms with Gasteiger partial charge in [-0.2, -0.15) is 18.2 Å². The Balaban J connectivity index is 0.00000242. The molecule has 0 spiro atoms. The summed E-state index contributed by atoms with van der Waals surface area (Å²) < 4.78 is 37.3. The molecule has 0 unspecified atom stereocenters. The molecule has 9 heteroatoms. The molecule has 0 saturated carbocycles. The molecule has 22 heavy (non-hydrogen) atoms. The molecule has 4 N–H and O–H groups in total. The van der Waals surface area contributed by atoms with E-state index >= 15 is 0 Å². The number of guanidine groups is 2. The topological polar surface area (TPSA) is 80.0 Å². The molecule has 0 radical (unpaired) electrons. The minimum absolute atomic E-state index is 0. The molecule has 0 bridgehead atoms. The number of hydrogen-bond donors (Lipinski definition) is 2. The third-order valence-corrected chi connectivity index (χ3v) is 3.10. The first-order valence-corrected chi connectivity index (χ1v) is 6.47. The molecule has 5 nitrogen and oxygen atoms in total. The van der Waals surface area contributed by atoms with Crippen LogP contribution in [0.4, 0.5) is 18.9 Å². The summed E-state index contributed by atoms with van der Waals surface area (Å²) in [6.07, 6.45) is -2.27. The molecule has 0 atom stereocenters. The van der Waals surface area contributed by atoms with Crippen LogP contribution in [0.3, 0.4) is 0 Å². The highest BCUT2D eigenvalue weighted by atomic mass is 35.5. The molecule has 1 saturated heterocycles. The third kappa shape index (κ3) is 4.80. The SMILES string of the molecule is Cl.NC(=Nc1ccc(C(F)(F)F)cc1)/N=C(/N)N1CCCC1. The van der Waals surface area contributed by atoms with E-state index in [1.54, 1.807) is 0 Å². The highest BCUT2D eigenvalue weighted by molar-refractivity contribution is 5.94. The first kappa shape index (κ1) is 18.1. The number of benzene rings is 1. The fourth-order valence-electron chi connectivity index (χ4n) is 2.02. The minimum Gasteiger partial charge on any atom is -0.369 e. The number of rotatable bonds is 1. The van der Waals surface area contributed by atoms with E-state index in [0.29, 0.717) is 5.69 Å². The number of likely N-dealkylation sites (tertiary alicyclic amines) is 1. The smallest absolute Gasteiger partial charge is 0.369 e. The van der Waals surface area contributed by atoms with Crippen LogP contribution in [0.1, 0.15) is 18.4 Å². The molecular weight excluding hydrogens is 319 g/mol. The van der Waals surface area contributed by atoms with Crippen LogP contribution in [0.2, 0.25) is 0 Å². The van der Waals surface area contributed by atoms with Gasteiger partial charge in [-0.3, -0.25) is 0 Å². The zero-order valence-electron chi connectivity index (χ0n) is 11.7. The van der Waals surface area contributed by atoms with E-state index in [0.717, 1.165) is 38.1 Å². The Bertz CT molecular complexity index is 548. The van der Waals surface area contributed by atoms with E-state index in [2.05, 4.69) is 9.98 Å². The van der Waals surface area contributed by atoms with Gasteiger partial charge in [-0.1, -0.05) is 0 Å². The van der Waals surface area contributed by atoms with Gasteiger partial charge in [0.2, 0.25) is 5.96 Å². The van der Waals surface area contributed by atoms with Crippen LogP contribution in [-0.2, 0) is 6.18 Å². The summed E-state index contributed by atoms with van der Waals surface area (Å²) in [5.74, 6) is 0.194. The van der Waals surface area contributed by atoms with Crippen LogP contribution in [0, 0.1) is 0 Å².